The SMILES string of the molecule is CCOC(=O)C(Cc1n[n+]([O-])ccc1Cl)=NN. The van der Waals surface area contributed by atoms with Gasteiger partial charge in [-0.05, 0) is 6.92 Å². The molecule has 0 aromatic carbocycles. The van der Waals surface area contributed by atoms with E-state index in [4.69, 9.17) is 22.2 Å². The first kappa shape index (κ1) is 13.2. The van der Waals surface area contributed by atoms with E-state index in [1.54, 1.807) is 6.92 Å². The Kier molecular flexibility index (Phi) is 4.65. The molecule has 0 saturated carbocycles. The number of halogens is 1. The minimum atomic E-state index is -0.658. The van der Waals surface area contributed by atoms with Crippen molar-refractivity contribution in [3.63, 3.8) is 0 Å². The predicted octanol–water partition coefficient (Wildman–Crippen LogP) is -0.211. The van der Waals surface area contributed by atoms with E-state index >= 15 is 0 Å². The van der Waals surface area contributed by atoms with Crippen LogP contribution in [0.4, 0.5) is 0 Å². The first-order valence-electron chi connectivity index (χ1n) is 4.77. The van der Waals surface area contributed by atoms with Crippen LogP contribution in [0.5, 0.6) is 0 Å². The normalized spacial score (nSPS) is 11.3. The monoisotopic (exact) mass is 258 g/mol. The Bertz CT molecular complexity index is 450. The fourth-order valence-electron chi connectivity index (χ4n) is 1.09. The molecule has 1 heterocycles. The largest absolute Gasteiger partial charge is 0.594 e. The molecule has 0 aliphatic carbocycles. The van der Waals surface area contributed by atoms with Crippen LogP contribution < -0.4 is 10.7 Å². The quantitative estimate of drug-likeness (QED) is 0.201. The molecule has 0 radical (unpaired) electrons. The number of esters is 1. The lowest BCUT2D eigenvalue weighted by Gasteiger charge is -2.04. The number of aromatic nitrogens is 2. The fraction of sp³-hybridized carbons (Fsp3) is 0.333. The van der Waals surface area contributed by atoms with Gasteiger partial charge in [-0.3, -0.25) is 0 Å². The Hall–Kier alpha value is -1.89. The zero-order chi connectivity index (χ0) is 12.8. The van der Waals surface area contributed by atoms with Gasteiger partial charge in [0.15, 0.2) is 5.71 Å². The second-order valence-electron chi connectivity index (χ2n) is 2.99. The van der Waals surface area contributed by atoms with Crippen molar-refractivity contribution in [2.45, 2.75) is 13.3 Å². The molecule has 17 heavy (non-hydrogen) atoms. The molecule has 1 aromatic heterocycles. The zero-order valence-electron chi connectivity index (χ0n) is 9.09. The maximum absolute atomic E-state index is 11.4. The number of carbonyl (C=O) groups excluding carboxylic acids is 1. The number of nitrogens with two attached hydrogens (primary N) is 1. The second-order valence-corrected chi connectivity index (χ2v) is 3.39. The van der Waals surface area contributed by atoms with Crippen LogP contribution >= 0.6 is 11.6 Å². The number of carbonyl (C=O) groups is 1. The van der Waals surface area contributed by atoms with Crippen LogP contribution in [-0.2, 0) is 16.0 Å². The van der Waals surface area contributed by atoms with Gasteiger partial charge in [-0.2, -0.15) is 5.10 Å². The van der Waals surface area contributed by atoms with E-state index in [0.717, 1.165) is 6.20 Å². The van der Waals surface area contributed by atoms with Crippen LogP contribution in [0.1, 0.15) is 12.6 Å². The third-order valence-corrected chi connectivity index (χ3v) is 2.19. The lowest BCUT2D eigenvalue weighted by molar-refractivity contribution is -0.669. The van der Waals surface area contributed by atoms with E-state index in [-0.39, 0.29) is 29.5 Å². The molecule has 8 heteroatoms. The number of hydrazone groups is 1. The third kappa shape index (κ3) is 3.56. The van der Waals surface area contributed by atoms with E-state index in [2.05, 4.69) is 10.2 Å². The molecular weight excluding hydrogens is 248 g/mol. The van der Waals surface area contributed by atoms with Gasteiger partial charge in [0.25, 0.3) is 0 Å². The number of ether oxygens (including phenoxy) is 1. The van der Waals surface area contributed by atoms with Crippen molar-refractivity contribution < 1.29 is 14.4 Å². The van der Waals surface area contributed by atoms with Crippen LogP contribution in [0.3, 0.4) is 0 Å². The molecule has 0 amide bonds. The molecule has 0 atom stereocenters. The summed E-state index contributed by atoms with van der Waals surface area (Å²) in [5.74, 6) is 4.41. The van der Waals surface area contributed by atoms with E-state index in [1.807, 2.05) is 0 Å². The van der Waals surface area contributed by atoms with Crippen molar-refractivity contribution in [1.29, 1.82) is 0 Å². The van der Waals surface area contributed by atoms with Gasteiger partial charge in [0.2, 0.25) is 6.20 Å². The van der Waals surface area contributed by atoms with Crippen LogP contribution in [0, 0.1) is 5.21 Å². The molecule has 0 spiro atoms. The molecule has 92 valence electrons. The smallest absolute Gasteiger partial charge is 0.354 e. The summed E-state index contributed by atoms with van der Waals surface area (Å²) < 4.78 is 4.73. The van der Waals surface area contributed by atoms with Crippen molar-refractivity contribution in [2.75, 3.05) is 6.61 Å². The molecule has 2 N–H and O–H groups in total. The summed E-state index contributed by atoms with van der Waals surface area (Å²) in [6.07, 6.45) is 1.09. The van der Waals surface area contributed by atoms with Gasteiger partial charge >= 0.3 is 5.97 Å². The zero-order valence-corrected chi connectivity index (χ0v) is 9.85. The highest BCUT2D eigenvalue weighted by atomic mass is 35.5. The first-order valence-corrected chi connectivity index (χ1v) is 5.15. The van der Waals surface area contributed by atoms with Crippen LogP contribution in [0.15, 0.2) is 17.4 Å². The number of nitrogens with zero attached hydrogens (tertiary/aromatic N) is 3. The van der Waals surface area contributed by atoms with Gasteiger partial charge in [-0.15, -0.1) is 0 Å². The van der Waals surface area contributed by atoms with Crippen molar-refractivity contribution in [2.24, 2.45) is 10.9 Å². The van der Waals surface area contributed by atoms with E-state index in [0.29, 0.717) is 4.85 Å². The molecule has 7 nitrogen and oxygen atoms in total. The van der Waals surface area contributed by atoms with Gasteiger partial charge in [0, 0.05) is 17.6 Å². The van der Waals surface area contributed by atoms with Gasteiger partial charge in [0.05, 0.1) is 11.6 Å². The van der Waals surface area contributed by atoms with E-state index < -0.39 is 5.97 Å². The molecule has 0 aliphatic heterocycles. The second kappa shape index (κ2) is 6.00. The standard InChI is InChI=1S/C9H11ClN4O3/c1-2-17-9(15)8(12-11)5-7-6(10)3-4-14(16)13-7/h3-4H,2,5,11H2,1H3. The molecule has 1 rings (SSSR count). The third-order valence-electron chi connectivity index (χ3n) is 1.85. The predicted molar refractivity (Wildman–Crippen MR) is 60.2 cm³/mol. The van der Waals surface area contributed by atoms with Crippen LogP contribution in [-0.4, -0.2) is 23.4 Å². The highest BCUT2D eigenvalue weighted by Crippen LogP contribution is 2.11. The van der Waals surface area contributed by atoms with Crippen molar-refractivity contribution in [1.82, 2.24) is 5.10 Å². The lowest BCUT2D eigenvalue weighted by Crippen LogP contribution is -2.33. The van der Waals surface area contributed by atoms with Crippen molar-refractivity contribution in [3.05, 3.63) is 28.2 Å². The van der Waals surface area contributed by atoms with Gasteiger partial charge in [-0.25, -0.2) is 4.79 Å². The Balaban J connectivity index is 2.88. The van der Waals surface area contributed by atoms with Gasteiger partial charge < -0.3 is 15.8 Å². The number of hydrogen-bond donors (Lipinski definition) is 1. The summed E-state index contributed by atoms with van der Waals surface area (Å²) in [7, 11) is 0. The summed E-state index contributed by atoms with van der Waals surface area (Å²) in [5, 5.41) is 18.1. The number of rotatable bonds is 4. The summed E-state index contributed by atoms with van der Waals surface area (Å²) >= 11 is 5.82. The molecule has 0 saturated heterocycles. The topological polar surface area (TPSA) is 105 Å². The minimum Gasteiger partial charge on any atom is -0.594 e. The average molecular weight is 259 g/mol. The molecule has 0 unspecified atom stereocenters. The van der Waals surface area contributed by atoms with Crippen molar-refractivity contribution in [3.8, 4) is 0 Å². The maximum Gasteiger partial charge on any atom is 0.354 e. The highest BCUT2D eigenvalue weighted by Gasteiger charge is 2.18. The molecule has 0 fully saturated rings. The van der Waals surface area contributed by atoms with Crippen molar-refractivity contribution >= 4 is 23.3 Å². The molecular formula is C9H11ClN4O3. The summed E-state index contributed by atoms with van der Waals surface area (Å²) in [6, 6.07) is 1.37. The molecule has 0 aliphatic rings. The van der Waals surface area contributed by atoms with Crippen LogP contribution in [0.2, 0.25) is 5.02 Å². The fourth-order valence-corrected chi connectivity index (χ4v) is 1.25. The summed E-state index contributed by atoms with van der Waals surface area (Å²) in [5.41, 5.74) is 0.161. The molecule has 0 bridgehead atoms. The first-order chi connectivity index (χ1) is 8.08. The Morgan fingerprint density at radius 2 is 2.47 bits per heavy atom. The van der Waals surface area contributed by atoms with Crippen LogP contribution in [0.25, 0.3) is 0 Å². The van der Waals surface area contributed by atoms with E-state index in [9.17, 15) is 10.0 Å². The minimum absolute atomic E-state index is 0.0487. The maximum atomic E-state index is 11.4. The Labute approximate surface area is 102 Å². The van der Waals surface area contributed by atoms with Gasteiger partial charge in [-0.1, -0.05) is 16.4 Å². The van der Waals surface area contributed by atoms with E-state index in [1.165, 1.54) is 6.07 Å². The number of hydrogen-bond acceptors (Lipinski definition) is 6. The molecule has 1 aromatic rings. The van der Waals surface area contributed by atoms with Gasteiger partial charge in [0.1, 0.15) is 5.69 Å². The average Bonchev–Trinajstić information content (AvgIpc) is 2.30. The Morgan fingerprint density at radius 3 is 3.06 bits per heavy atom. The summed E-state index contributed by atoms with van der Waals surface area (Å²) in [6.45, 7) is 1.86. The highest BCUT2D eigenvalue weighted by molar-refractivity contribution is 6.37. The summed E-state index contributed by atoms with van der Waals surface area (Å²) in [4.78, 5) is 11.7. The Morgan fingerprint density at radius 1 is 1.76 bits per heavy atom. The lowest BCUT2D eigenvalue weighted by atomic mass is 10.2.